The average Bonchev–Trinajstić information content (AvgIpc) is 2.81. The molecule has 0 aliphatic carbocycles. The van der Waals surface area contributed by atoms with Gasteiger partial charge in [0.1, 0.15) is 17.6 Å². The van der Waals surface area contributed by atoms with Crippen molar-refractivity contribution < 1.29 is 14.3 Å². The second-order valence-electron chi connectivity index (χ2n) is 4.23. The number of hydrogen-bond donors (Lipinski definition) is 2. The minimum atomic E-state index is -0.128. The van der Waals surface area contributed by atoms with Gasteiger partial charge >= 0.3 is 0 Å². The highest BCUT2D eigenvalue weighted by Crippen LogP contribution is 2.32. The quantitative estimate of drug-likeness (QED) is 0.793. The first-order valence-electron chi connectivity index (χ1n) is 5.75. The Morgan fingerprint density at radius 2 is 2.35 bits per heavy atom. The van der Waals surface area contributed by atoms with Gasteiger partial charge in [-0.3, -0.25) is 4.79 Å². The van der Waals surface area contributed by atoms with Crippen LogP contribution in [0.15, 0.2) is 18.2 Å². The summed E-state index contributed by atoms with van der Waals surface area (Å²) in [6.07, 6.45) is 1.23. The highest BCUT2D eigenvalue weighted by atomic mass is 16.5. The first-order chi connectivity index (χ1) is 8.31. The molecule has 2 aliphatic heterocycles. The monoisotopic (exact) mass is 234 g/mol. The minimum absolute atomic E-state index is 0.0831. The standard InChI is InChI=1S/C12H14N2O3/c15-12-7-16-11-2-1-8(5-10(11)14-12)17-9-3-4-13-6-9/h1-2,5,9,13H,3-4,6-7H2,(H,14,15). The van der Waals surface area contributed by atoms with E-state index in [1.165, 1.54) is 0 Å². The van der Waals surface area contributed by atoms with Crippen LogP contribution in [0.5, 0.6) is 11.5 Å². The molecule has 1 fully saturated rings. The van der Waals surface area contributed by atoms with E-state index in [2.05, 4.69) is 10.6 Å². The van der Waals surface area contributed by atoms with Crippen molar-refractivity contribution in [2.75, 3.05) is 25.0 Å². The summed E-state index contributed by atoms with van der Waals surface area (Å²) in [5, 5.41) is 6.01. The molecule has 0 bridgehead atoms. The summed E-state index contributed by atoms with van der Waals surface area (Å²) >= 11 is 0. The number of ether oxygens (including phenoxy) is 2. The summed E-state index contributed by atoms with van der Waals surface area (Å²) in [5.41, 5.74) is 0.685. The third kappa shape index (κ3) is 2.19. The molecule has 90 valence electrons. The van der Waals surface area contributed by atoms with E-state index in [1.54, 1.807) is 0 Å². The number of hydrogen-bond acceptors (Lipinski definition) is 4. The summed E-state index contributed by atoms with van der Waals surface area (Å²) in [6.45, 7) is 1.95. The molecule has 5 heteroatoms. The molecule has 0 spiro atoms. The first kappa shape index (κ1) is 10.4. The molecule has 1 saturated heterocycles. The zero-order chi connectivity index (χ0) is 11.7. The predicted octanol–water partition coefficient (Wildman–Crippen LogP) is 0.758. The maximum Gasteiger partial charge on any atom is 0.262 e. The van der Waals surface area contributed by atoms with Gasteiger partial charge in [-0.25, -0.2) is 0 Å². The van der Waals surface area contributed by atoms with E-state index in [9.17, 15) is 4.79 Å². The third-order valence-corrected chi connectivity index (χ3v) is 2.90. The van der Waals surface area contributed by atoms with Crippen molar-refractivity contribution in [3.8, 4) is 11.5 Å². The molecule has 1 unspecified atom stereocenters. The molecular weight excluding hydrogens is 220 g/mol. The normalized spacial score (nSPS) is 22.6. The Labute approximate surface area is 99.1 Å². The Bertz CT molecular complexity index is 441. The maximum atomic E-state index is 11.2. The van der Waals surface area contributed by atoms with E-state index in [-0.39, 0.29) is 18.6 Å². The maximum absolute atomic E-state index is 11.2. The fourth-order valence-corrected chi connectivity index (χ4v) is 2.06. The van der Waals surface area contributed by atoms with E-state index in [1.807, 2.05) is 18.2 Å². The van der Waals surface area contributed by atoms with Crippen molar-refractivity contribution in [2.45, 2.75) is 12.5 Å². The molecule has 5 nitrogen and oxygen atoms in total. The Balaban J connectivity index is 1.77. The molecule has 0 radical (unpaired) electrons. The molecule has 0 saturated carbocycles. The Morgan fingerprint density at radius 3 is 3.18 bits per heavy atom. The number of carbonyl (C=O) groups is 1. The molecule has 2 N–H and O–H groups in total. The average molecular weight is 234 g/mol. The molecule has 1 atom stereocenters. The number of rotatable bonds is 2. The van der Waals surface area contributed by atoms with Gasteiger partial charge in [-0.1, -0.05) is 0 Å². The Kier molecular flexibility index (Phi) is 2.60. The topological polar surface area (TPSA) is 59.6 Å². The first-order valence-corrected chi connectivity index (χ1v) is 5.75. The SMILES string of the molecule is O=C1COc2ccc(OC3CCNC3)cc2N1. The molecule has 17 heavy (non-hydrogen) atoms. The fraction of sp³-hybridized carbons (Fsp3) is 0.417. The highest BCUT2D eigenvalue weighted by Gasteiger charge is 2.19. The molecule has 1 aromatic carbocycles. The number of benzene rings is 1. The predicted molar refractivity (Wildman–Crippen MR) is 62.5 cm³/mol. The number of fused-ring (bicyclic) bond motifs is 1. The molecule has 0 aromatic heterocycles. The van der Waals surface area contributed by atoms with Crippen LogP contribution in [0.4, 0.5) is 5.69 Å². The van der Waals surface area contributed by atoms with Gasteiger partial charge < -0.3 is 20.1 Å². The van der Waals surface area contributed by atoms with Crippen LogP contribution in [0.2, 0.25) is 0 Å². The van der Waals surface area contributed by atoms with Gasteiger partial charge in [0.15, 0.2) is 6.61 Å². The van der Waals surface area contributed by atoms with Crippen molar-refractivity contribution in [3.63, 3.8) is 0 Å². The number of amides is 1. The lowest BCUT2D eigenvalue weighted by atomic mass is 10.2. The van der Waals surface area contributed by atoms with Gasteiger partial charge in [-0.05, 0) is 25.1 Å². The van der Waals surface area contributed by atoms with E-state index in [4.69, 9.17) is 9.47 Å². The van der Waals surface area contributed by atoms with Crippen LogP contribution in [0.25, 0.3) is 0 Å². The van der Waals surface area contributed by atoms with Crippen molar-refractivity contribution in [1.29, 1.82) is 0 Å². The summed E-state index contributed by atoms with van der Waals surface area (Å²) in [7, 11) is 0. The van der Waals surface area contributed by atoms with E-state index in [0.29, 0.717) is 11.4 Å². The summed E-state index contributed by atoms with van der Waals surface area (Å²) in [5.74, 6) is 1.34. The molecular formula is C12H14N2O3. The van der Waals surface area contributed by atoms with Gasteiger partial charge in [-0.2, -0.15) is 0 Å². The van der Waals surface area contributed by atoms with Gasteiger partial charge in [0.05, 0.1) is 5.69 Å². The van der Waals surface area contributed by atoms with Crippen molar-refractivity contribution in [1.82, 2.24) is 5.32 Å². The van der Waals surface area contributed by atoms with Gasteiger partial charge in [-0.15, -0.1) is 0 Å². The van der Waals surface area contributed by atoms with Crippen LogP contribution in [0.3, 0.4) is 0 Å². The number of carbonyl (C=O) groups excluding carboxylic acids is 1. The highest BCUT2D eigenvalue weighted by molar-refractivity contribution is 5.95. The van der Waals surface area contributed by atoms with Crippen molar-refractivity contribution >= 4 is 11.6 Å². The van der Waals surface area contributed by atoms with Crippen LogP contribution >= 0.6 is 0 Å². The zero-order valence-electron chi connectivity index (χ0n) is 9.36. The van der Waals surface area contributed by atoms with E-state index >= 15 is 0 Å². The third-order valence-electron chi connectivity index (χ3n) is 2.90. The Hall–Kier alpha value is -1.75. The lowest BCUT2D eigenvalue weighted by Crippen LogP contribution is -2.25. The van der Waals surface area contributed by atoms with E-state index < -0.39 is 0 Å². The van der Waals surface area contributed by atoms with Crippen LogP contribution in [-0.2, 0) is 4.79 Å². The second-order valence-corrected chi connectivity index (χ2v) is 4.23. The Morgan fingerprint density at radius 1 is 1.41 bits per heavy atom. The lowest BCUT2D eigenvalue weighted by molar-refractivity contribution is -0.118. The minimum Gasteiger partial charge on any atom is -0.489 e. The van der Waals surface area contributed by atoms with Gasteiger partial charge in [0, 0.05) is 12.6 Å². The summed E-state index contributed by atoms with van der Waals surface area (Å²) < 4.78 is 11.1. The smallest absolute Gasteiger partial charge is 0.262 e. The fourth-order valence-electron chi connectivity index (χ4n) is 2.06. The molecule has 2 heterocycles. The molecule has 1 aromatic rings. The van der Waals surface area contributed by atoms with Crippen LogP contribution in [-0.4, -0.2) is 31.7 Å². The lowest BCUT2D eigenvalue weighted by Gasteiger charge is -2.19. The van der Waals surface area contributed by atoms with Crippen LogP contribution in [0, 0.1) is 0 Å². The number of nitrogens with one attached hydrogen (secondary N) is 2. The summed E-state index contributed by atoms with van der Waals surface area (Å²) in [4.78, 5) is 11.2. The second kappa shape index (κ2) is 4.25. The van der Waals surface area contributed by atoms with Crippen LogP contribution in [0.1, 0.15) is 6.42 Å². The largest absolute Gasteiger partial charge is 0.489 e. The van der Waals surface area contributed by atoms with Gasteiger partial charge in [0.2, 0.25) is 0 Å². The summed E-state index contributed by atoms with van der Waals surface area (Å²) in [6, 6.07) is 5.51. The zero-order valence-corrected chi connectivity index (χ0v) is 9.36. The van der Waals surface area contributed by atoms with Crippen LogP contribution < -0.4 is 20.1 Å². The van der Waals surface area contributed by atoms with Crippen molar-refractivity contribution in [3.05, 3.63) is 18.2 Å². The molecule has 1 amide bonds. The molecule has 2 aliphatic rings. The van der Waals surface area contributed by atoms with Gasteiger partial charge in [0.25, 0.3) is 5.91 Å². The molecule has 3 rings (SSSR count). The number of anilines is 1. The van der Waals surface area contributed by atoms with E-state index in [0.717, 1.165) is 25.3 Å². The van der Waals surface area contributed by atoms with Crippen molar-refractivity contribution in [2.24, 2.45) is 0 Å².